The zero-order valence-corrected chi connectivity index (χ0v) is 9.06. The van der Waals surface area contributed by atoms with E-state index in [1.807, 2.05) is 12.1 Å². The average Bonchev–Trinajstić information content (AvgIpc) is 2.55. The molecule has 2 aliphatic rings. The third-order valence-electron chi connectivity index (χ3n) is 2.72. The van der Waals surface area contributed by atoms with Crippen LogP contribution in [0.15, 0.2) is 18.2 Å². The Morgan fingerprint density at radius 2 is 2.29 bits per heavy atom. The fourth-order valence-electron chi connectivity index (χ4n) is 2.10. The summed E-state index contributed by atoms with van der Waals surface area (Å²) >= 11 is 3.56. The summed E-state index contributed by atoms with van der Waals surface area (Å²) in [6.45, 7) is 0. The SMILES string of the molecule is Nc1cc2c3c(c1)C(Br)=CCC3NN2. The first kappa shape index (κ1) is 8.32. The van der Waals surface area contributed by atoms with Crippen LogP contribution in [0.3, 0.4) is 0 Å². The Kier molecular flexibility index (Phi) is 1.63. The van der Waals surface area contributed by atoms with Gasteiger partial charge in [-0.15, -0.1) is 0 Å². The van der Waals surface area contributed by atoms with Crippen molar-refractivity contribution >= 4 is 31.8 Å². The van der Waals surface area contributed by atoms with Gasteiger partial charge < -0.3 is 11.2 Å². The lowest BCUT2D eigenvalue weighted by Gasteiger charge is -2.18. The van der Waals surface area contributed by atoms with Gasteiger partial charge in [0.2, 0.25) is 0 Å². The second-order valence-corrected chi connectivity index (χ2v) is 4.49. The second-order valence-electron chi connectivity index (χ2n) is 3.64. The molecule has 3 nitrogen and oxygen atoms in total. The number of hydrogen-bond acceptors (Lipinski definition) is 3. The quantitative estimate of drug-likeness (QED) is 0.621. The molecule has 1 aromatic rings. The number of benzene rings is 1. The Hall–Kier alpha value is -1.00. The van der Waals surface area contributed by atoms with Crippen LogP contribution in [0.25, 0.3) is 4.48 Å². The van der Waals surface area contributed by atoms with E-state index in [0.29, 0.717) is 6.04 Å². The van der Waals surface area contributed by atoms with E-state index < -0.39 is 0 Å². The number of nitrogens with two attached hydrogens (primary N) is 1. The summed E-state index contributed by atoms with van der Waals surface area (Å²) in [6, 6.07) is 4.37. The fourth-order valence-corrected chi connectivity index (χ4v) is 2.61. The lowest BCUT2D eigenvalue weighted by atomic mass is 9.92. The Bertz CT molecular complexity index is 439. The van der Waals surface area contributed by atoms with Gasteiger partial charge in [0.05, 0.1) is 11.7 Å². The minimum atomic E-state index is 0.391. The van der Waals surface area contributed by atoms with Crippen molar-refractivity contribution in [3.63, 3.8) is 0 Å². The third kappa shape index (κ3) is 1.01. The van der Waals surface area contributed by atoms with Crippen molar-refractivity contribution in [2.24, 2.45) is 0 Å². The van der Waals surface area contributed by atoms with E-state index in [0.717, 1.165) is 22.3 Å². The van der Waals surface area contributed by atoms with Crippen LogP contribution >= 0.6 is 15.9 Å². The van der Waals surface area contributed by atoms with E-state index in [1.54, 1.807) is 0 Å². The highest BCUT2D eigenvalue weighted by molar-refractivity contribution is 9.15. The highest BCUT2D eigenvalue weighted by Crippen LogP contribution is 2.43. The molecule has 72 valence electrons. The van der Waals surface area contributed by atoms with Crippen LogP contribution in [0, 0.1) is 0 Å². The number of halogens is 1. The van der Waals surface area contributed by atoms with Gasteiger partial charge in [0, 0.05) is 15.7 Å². The average molecular weight is 252 g/mol. The molecule has 0 saturated carbocycles. The molecule has 0 radical (unpaired) electrons. The Labute approximate surface area is 90.5 Å². The van der Waals surface area contributed by atoms with Crippen molar-refractivity contribution < 1.29 is 0 Å². The van der Waals surface area contributed by atoms with E-state index >= 15 is 0 Å². The summed E-state index contributed by atoms with van der Waals surface area (Å²) in [4.78, 5) is 0. The Balaban J connectivity index is 2.31. The molecule has 0 spiro atoms. The van der Waals surface area contributed by atoms with Gasteiger partial charge in [-0.25, -0.2) is 5.43 Å². The first-order valence-electron chi connectivity index (χ1n) is 4.56. The highest BCUT2D eigenvalue weighted by atomic mass is 79.9. The van der Waals surface area contributed by atoms with Crippen molar-refractivity contribution in [3.05, 3.63) is 29.3 Å². The largest absolute Gasteiger partial charge is 0.399 e. The van der Waals surface area contributed by atoms with E-state index in [1.165, 1.54) is 11.1 Å². The molecule has 14 heavy (non-hydrogen) atoms. The maximum atomic E-state index is 5.82. The molecule has 0 fully saturated rings. The van der Waals surface area contributed by atoms with E-state index in [-0.39, 0.29) is 0 Å². The maximum absolute atomic E-state index is 5.82. The van der Waals surface area contributed by atoms with Crippen LogP contribution in [-0.4, -0.2) is 0 Å². The standard InChI is InChI=1S/C10H10BrN3/c11-7-1-2-8-10-6(7)3-5(12)4-9(10)14-13-8/h1,3-4,8,13-14H,2,12H2. The smallest absolute Gasteiger partial charge is 0.0572 e. The van der Waals surface area contributed by atoms with Crippen LogP contribution in [0.1, 0.15) is 23.6 Å². The molecule has 0 bridgehead atoms. The van der Waals surface area contributed by atoms with Crippen LogP contribution in [0.4, 0.5) is 11.4 Å². The second kappa shape index (κ2) is 2.74. The molecule has 0 amide bonds. The number of rotatable bonds is 0. The van der Waals surface area contributed by atoms with Gasteiger partial charge >= 0.3 is 0 Å². The summed E-state index contributed by atoms with van der Waals surface area (Å²) in [5, 5.41) is 0. The van der Waals surface area contributed by atoms with Gasteiger partial charge in [0.15, 0.2) is 0 Å². The lowest BCUT2D eigenvalue weighted by Crippen LogP contribution is -2.19. The van der Waals surface area contributed by atoms with E-state index in [2.05, 4.69) is 32.9 Å². The summed E-state index contributed by atoms with van der Waals surface area (Å²) in [6.07, 6.45) is 3.19. The molecule has 1 aliphatic carbocycles. The Morgan fingerprint density at radius 1 is 1.43 bits per heavy atom. The number of anilines is 2. The van der Waals surface area contributed by atoms with Crippen molar-refractivity contribution in [2.75, 3.05) is 11.2 Å². The summed E-state index contributed by atoms with van der Waals surface area (Å²) in [5.41, 5.74) is 16.7. The third-order valence-corrected chi connectivity index (χ3v) is 3.47. The highest BCUT2D eigenvalue weighted by Gasteiger charge is 2.28. The van der Waals surface area contributed by atoms with Crippen LogP contribution in [-0.2, 0) is 0 Å². The first-order valence-corrected chi connectivity index (χ1v) is 5.36. The summed E-state index contributed by atoms with van der Waals surface area (Å²) < 4.78 is 1.14. The molecule has 1 atom stereocenters. The van der Waals surface area contributed by atoms with Crippen LogP contribution in [0.2, 0.25) is 0 Å². The summed E-state index contributed by atoms with van der Waals surface area (Å²) in [7, 11) is 0. The number of nitrogens with one attached hydrogen (secondary N) is 2. The minimum Gasteiger partial charge on any atom is -0.399 e. The zero-order valence-electron chi connectivity index (χ0n) is 7.47. The van der Waals surface area contributed by atoms with Gasteiger partial charge in [-0.3, -0.25) is 0 Å². The molecule has 1 unspecified atom stereocenters. The fraction of sp³-hybridized carbons (Fsp3) is 0.200. The first-order chi connectivity index (χ1) is 6.75. The molecule has 1 heterocycles. The molecule has 1 aromatic carbocycles. The number of nitrogen functional groups attached to an aromatic ring is 1. The van der Waals surface area contributed by atoms with E-state index in [4.69, 9.17) is 5.73 Å². The molecule has 4 heteroatoms. The summed E-state index contributed by atoms with van der Waals surface area (Å²) in [5.74, 6) is 0. The lowest BCUT2D eigenvalue weighted by molar-refractivity contribution is 0.629. The normalized spacial score (nSPS) is 22.6. The molecule has 0 aromatic heterocycles. The monoisotopic (exact) mass is 251 g/mol. The zero-order chi connectivity index (χ0) is 9.71. The van der Waals surface area contributed by atoms with E-state index in [9.17, 15) is 0 Å². The minimum absolute atomic E-state index is 0.391. The molecule has 1 aliphatic heterocycles. The number of hydrogen-bond donors (Lipinski definition) is 3. The van der Waals surface area contributed by atoms with Gasteiger partial charge in [-0.2, -0.15) is 0 Å². The van der Waals surface area contributed by atoms with Gasteiger partial charge in [0.1, 0.15) is 0 Å². The Morgan fingerprint density at radius 3 is 3.14 bits per heavy atom. The predicted molar refractivity (Wildman–Crippen MR) is 61.9 cm³/mol. The van der Waals surface area contributed by atoms with Crippen LogP contribution < -0.4 is 16.6 Å². The molecule has 0 saturated heterocycles. The molecule has 4 N–H and O–H groups in total. The van der Waals surface area contributed by atoms with Crippen LogP contribution in [0.5, 0.6) is 0 Å². The topological polar surface area (TPSA) is 50.1 Å². The van der Waals surface area contributed by atoms with Crippen molar-refractivity contribution in [2.45, 2.75) is 12.5 Å². The van der Waals surface area contributed by atoms with Gasteiger partial charge in [0.25, 0.3) is 0 Å². The van der Waals surface area contributed by atoms with Gasteiger partial charge in [-0.05, 0) is 24.1 Å². The van der Waals surface area contributed by atoms with Crippen molar-refractivity contribution in [1.82, 2.24) is 5.43 Å². The van der Waals surface area contributed by atoms with Crippen molar-refractivity contribution in [1.29, 1.82) is 0 Å². The van der Waals surface area contributed by atoms with Gasteiger partial charge in [-0.1, -0.05) is 22.0 Å². The molecule has 3 rings (SSSR count). The number of hydrazine groups is 1. The maximum Gasteiger partial charge on any atom is 0.0572 e. The predicted octanol–water partition coefficient (Wildman–Crippen LogP) is 2.38. The molecular weight excluding hydrogens is 242 g/mol. The molecular formula is C10H10BrN3. The van der Waals surface area contributed by atoms with Crippen molar-refractivity contribution in [3.8, 4) is 0 Å².